The van der Waals surface area contributed by atoms with Crippen molar-refractivity contribution in [2.75, 3.05) is 34.3 Å². The quantitative estimate of drug-likeness (QED) is 0.503. The molecule has 0 atom stereocenters. The molecule has 11 heteroatoms. The van der Waals surface area contributed by atoms with Crippen molar-refractivity contribution in [3.05, 3.63) is 47.7 Å². The Labute approximate surface area is 235 Å². The van der Waals surface area contributed by atoms with E-state index in [1.807, 2.05) is 32.0 Å². The van der Waals surface area contributed by atoms with Gasteiger partial charge in [-0.3, -0.25) is 9.10 Å². The van der Waals surface area contributed by atoms with Crippen LogP contribution in [0.15, 0.2) is 36.5 Å². The molecule has 1 saturated carbocycles. The van der Waals surface area contributed by atoms with Gasteiger partial charge < -0.3 is 15.0 Å². The highest BCUT2D eigenvalue weighted by Gasteiger charge is 2.53. The maximum absolute atomic E-state index is 13.8. The van der Waals surface area contributed by atoms with Crippen molar-refractivity contribution in [1.82, 2.24) is 9.88 Å². The molecule has 3 aliphatic heterocycles. The molecule has 1 aromatic carbocycles. The highest BCUT2D eigenvalue weighted by Crippen LogP contribution is 2.47. The van der Waals surface area contributed by atoms with Crippen LogP contribution in [0.25, 0.3) is 0 Å². The Kier molecular flexibility index (Phi) is 6.38. The number of urea groups is 1. The molecule has 0 spiro atoms. The number of sulfonamides is 1. The molecule has 4 aliphatic rings. The molecule has 1 N–H and O–H groups in total. The van der Waals surface area contributed by atoms with Crippen molar-refractivity contribution in [1.29, 1.82) is 0 Å². The predicted molar refractivity (Wildman–Crippen MR) is 153 cm³/mol. The van der Waals surface area contributed by atoms with E-state index in [0.29, 0.717) is 30.8 Å². The largest absolute Gasteiger partial charge is 0.381 e. The zero-order valence-corrected chi connectivity index (χ0v) is 24.3. The van der Waals surface area contributed by atoms with Crippen molar-refractivity contribution >= 4 is 39.2 Å². The number of nitrogens with one attached hydrogen (secondary N) is 1. The van der Waals surface area contributed by atoms with E-state index in [9.17, 15) is 18.0 Å². The van der Waals surface area contributed by atoms with Crippen LogP contribution >= 0.6 is 0 Å². The number of amides is 3. The number of ether oxygens (including phenoxy) is 1. The van der Waals surface area contributed by atoms with Gasteiger partial charge in [0, 0.05) is 44.0 Å². The number of fused-ring (bicyclic) bond motifs is 1. The number of hydrogen-bond acceptors (Lipinski definition) is 7. The third-order valence-electron chi connectivity index (χ3n) is 8.59. The van der Waals surface area contributed by atoms with Crippen LogP contribution < -0.4 is 14.5 Å². The lowest BCUT2D eigenvalue weighted by Crippen LogP contribution is -2.43. The zero-order chi connectivity index (χ0) is 28.4. The monoisotopic (exact) mass is 567 g/mol. The molecule has 10 nitrogen and oxygen atoms in total. The molecular formula is C29H37N5O5S. The summed E-state index contributed by atoms with van der Waals surface area (Å²) in [5.41, 5.74) is 1.24. The average Bonchev–Trinajstić information content (AvgIpc) is 3.71. The molecule has 3 fully saturated rings. The van der Waals surface area contributed by atoms with Gasteiger partial charge in [-0.25, -0.2) is 23.1 Å². The maximum Gasteiger partial charge on any atom is 0.332 e. The van der Waals surface area contributed by atoms with Gasteiger partial charge in [0.2, 0.25) is 10.0 Å². The van der Waals surface area contributed by atoms with Crippen LogP contribution in [0.4, 0.5) is 22.0 Å². The van der Waals surface area contributed by atoms with E-state index in [-0.39, 0.29) is 29.2 Å². The number of carbonyl (C=O) groups is 2. The molecule has 0 radical (unpaired) electrons. The Bertz CT molecular complexity index is 1460. The normalized spacial score (nSPS) is 22.6. The summed E-state index contributed by atoms with van der Waals surface area (Å²) >= 11 is 0. The van der Waals surface area contributed by atoms with Crippen molar-refractivity contribution in [3.63, 3.8) is 0 Å². The number of hydrogen-bond donors (Lipinski definition) is 1. The van der Waals surface area contributed by atoms with Crippen LogP contribution in [0.5, 0.6) is 0 Å². The van der Waals surface area contributed by atoms with E-state index in [1.54, 1.807) is 37.1 Å². The minimum absolute atomic E-state index is 0.235. The number of aromatic nitrogens is 1. The molecule has 6 rings (SSSR count). The van der Waals surface area contributed by atoms with Crippen LogP contribution in [0.3, 0.4) is 0 Å². The van der Waals surface area contributed by atoms with Gasteiger partial charge in [0.05, 0.1) is 16.6 Å². The van der Waals surface area contributed by atoms with E-state index >= 15 is 0 Å². The Hall–Kier alpha value is -3.18. The van der Waals surface area contributed by atoms with Gasteiger partial charge in [0.25, 0.3) is 5.91 Å². The summed E-state index contributed by atoms with van der Waals surface area (Å²) in [5.74, 6) is 0.385. The Morgan fingerprint density at radius 1 is 1.02 bits per heavy atom. The first-order chi connectivity index (χ1) is 18.9. The molecule has 40 heavy (non-hydrogen) atoms. The number of imide groups is 1. The van der Waals surface area contributed by atoms with Gasteiger partial charge in [-0.1, -0.05) is 19.9 Å². The second-order valence-electron chi connectivity index (χ2n) is 12.5. The third kappa shape index (κ3) is 4.52. The van der Waals surface area contributed by atoms with Crippen molar-refractivity contribution in [3.8, 4) is 0 Å². The number of pyridine rings is 1. The molecule has 3 amide bonds. The lowest BCUT2D eigenvalue weighted by atomic mass is 9.87. The fourth-order valence-electron chi connectivity index (χ4n) is 5.95. The molecule has 0 unspecified atom stereocenters. The van der Waals surface area contributed by atoms with Crippen LogP contribution in [0.2, 0.25) is 0 Å². The summed E-state index contributed by atoms with van der Waals surface area (Å²) in [6.45, 7) is 9.55. The topological polar surface area (TPSA) is 112 Å². The fraction of sp³-hybridized carbons (Fsp3) is 0.552. The van der Waals surface area contributed by atoms with Crippen LogP contribution in [0, 0.1) is 0 Å². The van der Waals surface area contributed by atoms with E-state index in [0.717, 1.165) is 43.0 Å². The summed E-state index contributed by atoms with van der Waals surface area (Å²) in [6.07, 6.45) is 4.86. The van der Waals surface area contributed by atoms with E-state index in [2.05, 4.69) is 10.3 Å². The minimum Gasteiger partial charge on any atom is -0.381 e. The van der Waals surface area contributed by atoms with Crippen molar-refractivity contribution < 1.29 is 22.7 Å². The van der Waals surface area contributed by atoms with Gasteiger partial charge >= 0.3 is 6.03 Å². The first-order valence-electron chi connectivity index (χ1n) is 14.0. The second-order valence-corrected chi connectivity index (χ2v) is 14.6. The lowest BCUT2D eigenvalue weighted by molar-refractivity contribution is -0.123. The molecule has 4 heterocycles. The molecule has 214 valence electrons. The first-order valence-corrected chi connectivity index (χ1v) is 15.5. The van der Waals surface area contributed by atoms with Crippen LogP contribution in [0.1, 0.15) is 64.5 Å². The molecule has 1 aromatic heterocycles. The van der Waals surface area contributed by atoms with Gasteiger partial charge in [-0.2, -0.15) is 0 Å². The van der Waals surface area contributed by atoms with Gasteiger partial charge in [0.1, 0.15) is 11.4 Å². The number of benzene rings is 1. The summed E-state index contributed by atoms with van der Waals surface area (Å²) in [4.78, 5) is 34.7. The predicted octanol–water partition coefficient (Wildman–Crippen LogP) is 4.01. The van der Waals surface area contributed by atoms with Crippen molar-refractivity contribution in [2.24, 2.45) is 0 Å². The summed E-state index contributed by atoms with van der Waals surface area (Å²) < 4.78 is 33.5. The molecule has 1 aliphatic carbocycles. The number of rotatable bonds is 7. The summed E-state index contributed by atoms with van der Waals surface area (Å²) in [7, 11) is -3.49. The second kappa shape index (κ2) is 9.44. The Morgan fingerprint density at radius 3 is 2.45 bits per heavy atom. The molecular weight excluding hydrogens is 530 g/mol. The SMILES string of the molecule is CC1(C)CN(S(=O)(=O)C2CC2)c2cc(N3C(=O)N(Cc4ccnc(NC5CCOCC5)c4)C(C)(C)C3=O)ccc21. The molecule has 2 saturated heterocycles. The van der Waals surface area contributed by atoms with Gasteiger partial charge in [-0.15, -0.1) is 0 Å². The maximum atomic E-state index is 13.8. The fourth-order valence-corrected chi connectivity index (χ4v) is 7.97. The minimum atomic E-state index is -3.49. The standard InChI is InChI=1S/C29H37N5O5S/c1-28(2)18-33(40(37,38)22-6-7-22)24-16-21(5-8-23(24)28)34-26(35)29(3,4)32(27(34)36)17-19-9-12-30-25(15-19)31-20-10-13-39-14-11-20/h5,8-9,12,15-16,20,22H,6-7,10-11,13-14,17-18H2,1-4H3,(H,30,31). The van der Waals surface area contributed by atoms with E-state index in [4.69, 9.17) is 4.74 Å². The number of nitrogens with zero attached hydrogens (tertiary/aromatic N) is 4. The van der Waals surface area contributed by atoms with E-state index in [1.165, 1.54) is 9.21 Å². The van der Waals surface area contributed by atoms with Crippen LogP contribution in [-0.4, -0.2) is 66.8 Å². The highest BCUT2D eigenvalue weighted by atomic mass is 32.2. The van der Waals surface area contributed by atoms with Gasteiger partial charge in [0.15, 0.2) is 0 Å². The Morgan fingerprint density at radius 2 is 1.75 bits per heavy atom. The lowest BCUT2D eigenvalue weighted by Gasteiger charge is -2.28. The van der Waals surface area contributed by atoms with Crippen LogP contribution in [-0.2, 0) is 31.5 Å². The number of carbonyl (C=O) groups excluding carboxylic acids is 2. The van der Waals surface area contributed by atoms with E-state index < -0.39 is 21.6 Å². The third-order valence-corrected chi connectivity index (χ3v) is 10.8. The Balaban J connectivity index is 1.27. The average molecular weight is 568 g/mol. The number of anilines is 3. The summed E-state index contributed by atoms with van der Waals surface area (Å²) in [5, 5.41) is 3.10. The molecule has 0 bridgehead atoms. The molecule has 2 aromatic rings. The smallest absolute Gasteiger partial charge is 0.332 e. The first kappa shape index (κ1) is 27.0. The van der Waals surface area contributed by atoms with Crippen molar-refractivity contribution in [2.45, 2.75) is 82.2 Å². The highest BCUT2D eigenvalue weighted by molar-refractivity contribution is 7.93. The zero-order valence-electron chi connectivity index (χ0n) is 23.5. The summed E-state index contributed by atoms with van der Waals surface area (Å²) in [6, 6.07) is 8.94. The van der Waals surface area contributed by atoms with Gasteiger partial charge in [-0.05, 0) is 74.9 Å².